The molecule has 0 aliphatic carbocycles. The quantitative estimate of drug-likeness (QED) is 0.689. The van der Waals surface area contributed by atoms with Crippen LogP contribution in [0.15, 0.2) is 0 Å². The van der Waals surface area contributed by atoms with E-state index in [4.69, 9.17) is 5.73 Å². The predicted molar refractivity (Wildman–Crippen MR) is 57.8 cm³/mol. The number of nitrogens with zero attached hydrogens (tertiary/aromatic N) is 1. The molecule has 1 aliphatic rings. The molecule has 0 aromatic carbocycles. The first-order valence-electron chi connectivity index (χ1n) is 5.18. The Labute approximate surface area is 86.6 Å². The summed E-state index contributed by atoms with van der Waals surface area (Å²) in [6, 6.07) is -0.376. The van der Waals surface area contributed by atoms with Crippen LogP contribution in [0.3, 0.4) is 0 Å². The first kappa shape index (κ1) is 11.5. The Morgan fingerprint density at radius 1 is 1.36 bits per heavy atom. The molecule has 1 rings (SSSR count). The van der Waals surface area contributed by atoms with Crippen LogP contribution in [0.25, 0.3) is 0 Å². The molecule has 1 fully saturated rings. The highest BCUT2D eigenvalue weighted by Gasteiger charge is 2.41. The number of likely N-dealkylation sites (tertiary alicyclic amines) is 1. The summed E-state index contributed by atoms with van der Waals surface area (Å²) in [5, 5.41) is 0. The minimum absolute atomic E-state index is 0.0943. The van der Waals surface area contributed by atoms with E-state index in [2.05, 4.69) is 13.8 Å². The highest BCUT2D eigenvalue weighted by atomic mass is 16.2. The second-order valence-electron chi connectivity index (χ2n) is 6.20. The third-order valence-electron chi connectivity index (χ3n) is 2.75. The monoisotopic (exact) mass is 198 g/mol. The lowest BCUT2D eigenvalue weighted by atomic mass is 9.81. The number of hydrogen-bond acceptors (Lipinski definition) is 2. The third kappa shape index (κ3) is 2.27. The van der Waals surface area contributed by atoms with Crippen molar-refractivity contribution in [2.24, 2.45) is 16.6 Å². The zero-order chi connectivity index (χ0) is 11.1. The van der Waals surface area contributed by atoms with Crippen LogP contribution in [0, 0.1) is 10.8 Å². The van der Waals surface area contributed by atoms with Crippen LogP contribution in [-0.4, -0.2) is 29.9 Å². The molecule has 0 aromatic rings. The highest BCUT2D eigenvalue weighted by molar-refractivity contribution is 5.83. The minimum Gasteiger partial charge on any atom is -0.340 e. The van der Waals surface area contributed by atoms with Crippen molar-refractivity contribution in [3.05, 3.63) is 0 Å². The van der Waals surface area contributed by atoms with Crippen LogP contribution in [0.5, 0.6) is 0 Å². The number of carbonyl (C=O) groups excluding carboxylic acids is 1. The van der Waals surface area contributed by atoms with E-state index in [1.54, 1.807) is 0 Å². The SMILES string of the molecule is CC1(C)CN(C(=O)C(N)C(C)(C)C)C1. The molecule has 1 unspecified atom stereocenters. The van der Waals surface area contributed by atoms with Crippen molar-refractivity contribution >= 4 is 5.91 Å². The molecule has 3 heteroatoms. The summed E-state index contributed by atoms with van der Waals surface area (Å²) >= 11 is 0. The fraction of sp³-hybridized carbons (Fsp3) is 0.909. The minimum atomic E-state index is -0.376. The van der Waals surface area contributed by atoms with Crippen molar-refractivity contribution in [2.45, 2.75) is 40.7 Å². The van der Waals surface area contributed by atoms with Gasteiger partial charge in [-0.15, -0.1) is 0 Å². The van der Waals surface area contributed by atoms with Crippen LogP contribution in [0.2, 0.25) is 0 Å². The molecule has 82 valence electrons. The molecule has 0 radical (unpaired) electrons. The Balaban J connectivity index is 2.53. The number of hydrogen-bond donors (Lipinski definition) is 1. The van der Waals surface area contributed by atoms with Gasteiger partial charge in [-0.2, -0.15) is 0 Å². The molecule has 1 amide bonds. The first-order valence-corrected chi connectivity index (χ1v) is 5.18. The topological polar surface area (TPSA) is 46.3 Å². The van der Waals surface area contributed by atoms with E-state index in [1.807, 2.05) is 25.7 Å². The second-order valence-corrected chi connectivity index (χ2v) is 6.20. The molecule has 0 spiro atoms. The predicted octanol–water partition coefficient (Wildman–Crippen LogP) is 1.23. The summed E-state index contributed by atoms with van der Waals surface area (Å²) in [5.74, 6) is 0.0943. The third-order valence-corrected chi connectivity index (χ3v) is 2.75. The van der Waals surface area contributed by atoms with Crippen LogP contribution >= 0.6 is 0 Å². The molecule has 0 aromatic heterocycles. The van der Waals surface area contributed by atoms with Crippen molar-refractivity contribution < 1.29 is 4.79 Å². The van der Waals surface area contributed by atoms with Gasteiger partial charge in [0.1, 0.15) is 0 Å². The normalized spacial score (nSPS) is 22.9. The summed E-state index contributed by atoms with van der Waals surface area (Å²) in [6.07, 6.45) is 0. The van der Waals surface area contributed by atoms with Gasteiger partial charge in [-0.05, 0) is 10.8 Å². The van der Waals surface area contributed by atoms with Gasteiger partial charge in [0.05, 0.1) is 6.04 Å². The Hall–Kier alpha value is -0.570. The molecular formula is C11H22N2O. The molecule has 2 N–H and O–H groups in total. The van der Waals surface area contributed by atoms with E-state index < -0.39 is 0 Å². The van der Waals surface area contributed by atoms with E-state index in [-0.39, 0.29) is 22.8 Å². The lowest BCUT2D eigenvalue weighted by Gasteiger charge is -2.47. The van der Waals surface area contributed by atoms with Gasteiger partial charge in [0.2, 0.25) is 5.91 Å². The Kier molecular flexibility index (Phi) is 2.65. The van der Waals surface area contributed by atoms with E-state index in [1.165, 1.54) is 0 Å². The summed E-state index contributed by atoms with van der Waals surface area (Å²) in [5.41, 5.74) is 6.04. The molecule has 3 nitrogen and oxygen atoms in total. The fourth-order valence-electron chi connectivity index (χ4n) is 1.71. The molecule has 1 saturated heterocycles. The number of carbonyl (C=O) groups is 1. The van der Waals surface area contributed by atoms with E-state index in [0.29, 0.717) is 0 Å². The number of amides is 1. The van der Waals surface area contributed by atoms with Crippen molar-refractivity contribution in [3.8, 4) is 0 Å². The van der Waals surface area contributed by atoms with Crippen molar-refractivity contribution in [3.63, 3.8) is 0 Å². The van der Waals surface area contributed by atoms with Gasteiger partial charge in [0, 0.05) is 13.1 Å². The fourth-order valence-corrected chi connectivity index (χ4v) is 1.71. The number of nitrogens with two attached hydrogens (primary N) is 1. The van der Waals surface area contributed by atoms with E-state index >= 15 is 0 Å². The highest BCUT2D eigenvalue weighted by Crippen LogP contribution is 2.30. The molecule has 1 heterocycles. The van der Waals surface area contributed by atoms with Crippen LogP contribution in [0.4, 0.5) is 0 Å². The Bertz CT molecular complexity index is 232. The molecule has 1 atom stereocenters. The van der Waals surface area contributed by atoms with Gasteiger partial charge in [-0.1, -0.05) is 34.6 Å². The largest absolute Gasteiger partial charge is 0.340 e. The van der Waals surface area contributed by atoms with Crippen molar-refractivity contribution in [2.75, 3.05) is 13.1 Å². The maximum Gasteiger partial charge on any atom is 0.240 e. The number of rotatable bonds is 1. The van der Waals surface area contributed by atoms with Gasteiger partial charge in [-0.3, -0.25) is 4.79 Å². The van der Waals surface area contributed by atoms with Gasteiger partial charge >= 0.3 is 0 Å². The molecule has 0 bridgehead atoms. The molecule has 1 aliphatic heterocycles. The van der Waals surface area contributed by atoms with Gasteiger partial charge in [0.15, 0.2) is 0 Å². The van der Waals surface area contributed by atoms with Crippen LogP contribution in [-0.2, 0) is 4.79 Å². The van der Waals surface area contributed by atoms with Gasteiger partial charge in [0.25, 0.3) is 0 Å². The standard InChI is InChI=1S/C11H22N2O/c1-10(2,3)8(12)9(14)13-6-11(4,5)7-13/h8H,6-7,12H2,1-5H3. The van der Waals surface area contributed by atoms with Gasteiger partial charge < -0.3 is 10.6 Å². The maximum atomic E-state index is 11.9. The lowest BCUT2D eigenvalue weighted by molar-refractivity contribution is -0.145. The molecular weight excluding hydrogens is 176 g/mol. The summed E-state index contributed by atoms with van der Waals surface area (Å²) in [4.78, 5) is 13.7. The Morgan fingerprint density at radius 2 is 1.79 bits per heavy atom. The van der Waals surface area contributed by atoms with E-state index in [9.17, 15) is 4.79 Å². The average molecular weight is 198 g/mol. The van der Waals surface area contributed by atoms with E-state index in [0.717, 1.165) is 13.1 Å². The zero-order valence-corrected chi connectivity index (χ0v) is 9.92. The average Bonchev–Trinajstić information content (AvgIpc) is 1.95. The van der Waals surface area contributed by atoms with Crippen molar-refractivity contribution in [1.29, 1.82) is 0 Å². The lowest BCUT2D eigenvalue weighted by Crippen LogP contribution is -2.61. The summed E-state index contributed by atoms with van der Waals surface area (Å²) in [6.45, 7) is 12.0. The van der Waals surface area contributed by atoms with Gasteiger partial charge in [-0.25, -0.2) is 0 Å². The van der Waals surface area contributed by atoms with Crippen LogP contribution in [0.1, 0.15) is 34.6 Å². The second kappa shape index (κ2) is 3.23. The maximum absolute atomic E-state index is 11.9. The summed E-state index contributed by atoms with van der Waals surface area (Å²) < 4.78 is 0. The summed E-state index contributed by atoms with van der Waals surface area (Å²) in [7, 11) is 0. The Morgan fingerprint density at radius 3 is 2.07 bits per heavy atom. The molecule has 0 saturated carbocycles. The van der Waals surface area contributed by atoms with Crippen molar-refractivity contribution in [1.82, 2.24) is 4.90 Å². The van der Waals surface area contributed by atoms with Crippen LogP contribution < -0.4 is 5.73 Å². The first-order chi connectivity index (χ1) is 6.13. The zero-order valence-electron chi connectivity index (χ0n) is 9.92. The smallest absolute Gasteiger partial charge is 0.240 e. The molecule has 14 heavy (non-hydrogen) atoms.